The minimum absolute atomic E-state index is 0.138. The summed E-state index contributed by atoms with van der Waals surface area (Å²) in [6.07, 6.45) is 3.06. The monoisotopic (exact) mass is 180 g/mol. The van der Waals surface area contributed by atoms with Crippen molar-refractivity contribution in [3.05, 3.63) is 30.1 Å². The summed E-state index contributed by atoms with van der Waals surface area (Å²) in [6.45, 7) is 2.00. The predicted octanol–water partition coefficient (Wildman–Crippen LogP) is 0.586. The lowest BCUT2D eigenvalue weighted by Gasteiger charge is -2.06. The molecule has 1 atom stereocenters. The van der Waals surface area contributed by atoms with Gasteiger partial charge < -0.3 is 10.5 Å². The van der Waals surface area contributed by atoms with Gasteiger partial charge in [0.1, 0.15) is 6.61 Å². The number of nitrogens with two attached hydrogens (primary N) is 1. The SMILES string of the molecule is CC(N)COC(=O)c1cccnc1. The number of hydrogen-bond acceptors (Lipinski definition) is 4. The Hall–Kier alpha value is -1.42. The van der Waals surface area contributed by atoms with E-state index in [0.717, 1.165) is 0 Å². The number of carbonyl (C=O) groups excluding carboxylic acids is 1. The second-order valence-corrected chi connectivity index (χ2v) is 2.82. The van der Waals surface area contributed by atoms with Crippen LogP contribution in [0.3, 0.4) is 0 Å². The van der Waals surface area contributed by atoms with Gasteiger partial charge in [-0.15, -0.1) is 0 Å². The highest BCUT2D eigenvalue weighted by Gasteiger charge is 2.06. The summed E-state index contributed by atoms with van der Waals surface area (Å²) in [4.78, 5) is 15.0. The van der Waals surface area contributed by atoms with Gasteiger partial charge in [-0.1, -0.05) is 0 Å². The highest BCUT2D eigenvalue weighted by molar-refractivity contribution is 5.88. The van der Waals surface area contributed by atoms with Gasteiger partial charge in [0.05, 0.1) is 5.56 Å². The molecule has 0 aliphatic carbocycles. The van der Waals surface area contributed by atoms with Crippen molar-refractivity contribution in [2.24, 2.45) is 5.73 Å². The van der Waals surface area contributed by atoms with Crippen molar-refractivity contribution in [1.82, 2.24) is 4.98 Å². The van der Waals surface area contributed by atoms with Crippen LogP contribution in [0.5, 0.6) is 0 Å². The number of carbonyl (C=O) groups is 1. The number of nitrogens with zero attached hydrogens (tertiary/aromatic N) is 1. The molecular formula is C9H12N2O2. The molecule has 4 nitrogen and oxygen atoms in total. The van der Waals surface area contributed by atoms with E-state index in [-0.39, 0.29) is 18.6 Å². The first-order chi connectivity index (χ1) is 6.20. The zero-order chi connectivity index (χ0) is 9.68. The Kier molecular flexibility index (Phi) is 3.40. The lowest BCUT2D eigenvalue weighted by atomic mass is 10.3. The van der Waals surface area contributed by atoms with Gasteiger partial charge in [-0.3, -0.25) is 4.98 Å². The van der Waals surface area contributed by atoms with Gasteiger partial charge in [-0.05, 0) is 19.1 Å². The topological polar surface area (TPSA) is 65.2 Å². The fraction of sp³-hybridized carbons (Fsp3) is 0.333. The minimum atomic E-state index is -0.384. The van der Waals surface area contributed by atoms with Crippen molar-refractivity contribution in [3.8, 4) is 0 Å². The molecule has 1 aromatic heterocycles. The third kappa shape index (κ3) is 3.21. The van der Waals surface area contributed by atoms with E-state index < -0.39 is 0 Å². The smallest absolute Gasteiger partial charge is 0.339 e. The van der Waals surface area contributed by atoms with Gasteiger partial charge in [0.25, 0.3) is 0 Å². The van der Waals surface area contributed by atoms with Crippen molar-refractivity contribution in [2.75, 3.05) is 6.61 Å². The molecule has 0 spiro atoms. The van der Waals surface area contributed by atoms with Crippen molar-refractivity contribution in [2.45, 2.75) is 13.0 Å². The predicted molar refractivity (Wildman–Crippen MR) is 48.2 cm³/mol. The molecule has 1 heterocycles. The minimum Gasteiger partial charge on any atom is -0.460 e. The average molecular weight is 180 g/mol. The molecular weight excluding hydrogens is 168 g/mol. The molecule has 13 heavy (non-hydrogen) atoms. The molecule has 1 unspecified atom stereocenters. The maximum Gasteiger partial charge on any atom is 0.339 e. The molecule has 70 valence electrons. The number of hydrogen-bond donors (Lipinski definition) is 1. The third-order valence-electron chi connectivity index (χ3n) is 1.37. The Morgan fingerprint density at radius 1 is 1.77 bits per heavy atom. The quantitative estimate of drug-likeness (QED) is 0.691. The van der Waals surface area contributed by atoms with Gasteiger partial charge in [0.15, 0.2) is 0 Å². The maximum atomic E-state index is 11.2. The summed E-state index contributed by atoms with van der Waals surface area (Å²) in [7, 11) is 0. The highest BCUT2D eigenvalue weighted by Crippen LogP contribution is 1.98. The zero-order valence-corrected chi connectivity index (χ0v) is 7.43. The van der Waals surface area contributed by atoms with E-state index in [1.807, 2.05) is 0 Å². The number of aromatic nitrogens is 1. The molecule has 0 radical (unpaired) electrons. The average Bonchev–Trinajstić information content (AvgIpc) is 2.15. The van der Waals surface area contributed by atoms with Gasteiger partial charge in [-0.2, -0.15) is 0 Å². The Balaban J connectivity index is 2.50. The first-order valence-corrected chi connectivity index (χ1v) is 4.03. The van der Waals surface area contributed by atoms with Crippen LogP contribution in [0.4, 0.5) is 0 Å². The van der Waals surface area contributed by atoms with Gasteiger partial charge in [0, 0.05) is 18.4 Å². The molecule has 1 aromatic rings. The fourth-order valence-corrected chi connectivity index (χ4v) is 0.774. The van der Waals surface area contributed by atoms with Crippen LogP contribution in [-0.4, -0.2) is 23.6 Å². The largest absolute Gasteiger partial charge is 0.460 e. The molecule has 0 aliphatic heterocycles. The Morgan fingerprint density at radius 2 is 2.54 bits per heavy atom. The molecule has 4 heteroatoms. The molecule has 0 bridgehead atoms. The van der Waals surface area contributed by atoms with E-state index in [1.165, 1.54) is 6.20 Å². The third-order valence-corrected chi connectivity index (χ3v) is 1.37. The van der Waals surface area contributed by atoms with Crippen LogP contribution in [0.2, 0.25) is 0 Å². The Labute approximate surface area is 76.7 Å². The van der Waals surface area contributed by atoms with E-state index in [9.17, 15) is 4.79 Å². The van der Waals surface area contributed by atoms with Crippen LogP contribution in [0.15, 0.2) is 24.5 Å². The van der Waals surface area contributed by atoms with Crippen LogP contribution in [-0.2, 0) is 4.74 Å². The van der Waals surface area contributed by atoms with E-state index >= 15 is 0 Å². The number of pyridine rings is 1. The number of ether oxygens (including phenoxy) is 1. The molecule has 1 rings (SSSR count). The molecule has 0 saturated carbocycles. The molecule has 2 N–H and O–H groups in total. The Morgan fingerprint density at radius 3 is 3.08 bits per heavy atom. The summed E-state index contributed by atoms with van der Waals surface area (Å²) in [5.74, 6) is -0.384. The second-order valence-electron chi connectivity index (χ2n) is 2.82. The summed E-state index contributed by atoms with van der Waals surface area (Å²) in [5.41, 5.74) is 5.87. The maximum absolute atomic E-state index is 11.2. The van der Waals surface area contributed by atoms with Crippen LogP contribution in [0, 0.1) is 0 Å². The van der Waals surface area contributed by atoms with E-state index in [2.05, 4.69) is 4.98 Å². The lowest BCUT2D eigenvalue weighted by molar-refractivity contribution is 0.0487. The highest BCUT2D eigenvalue weighted by atomic mass is 16.5. The van der Waals surface area contributed by atoms with Gasteiger partial charge >= 0.3 is 5.97 Å². The van der Waals surface area contributed by atoms with Crippen molar-refractivity contribution in [1.29, 1.82) is 0 Å². The van der Waals surface area contributed by atoms with E-state index in [4.69, 9.17) is 10.5 Å². The molecule has 0 aromatic carbocycles. The van der Waals surface area contributed by atoms with Crippen molar-refractivity contribution >= 4 is 5.97 Å². The van der Waals surface area contributed by atoms with Crippen molar-refractivity contribution < 1.29 is 9.53 Å². The summed E-state index contributed by atoms with van der Waals surface area (Å²) < 4.78 is 4.89. The standard InChI is InChI=1S/C9H12N2O2/c1-7(10)6-13-9(12)8-3-2-4-11-5-8/h2-5,7H,6,10H2,1H3. The summed E-state index contributed by atoms with van der Waals surface area (Å²) in [5, 5.41) is 0. The second kappa shape index (κ2) is 4.57. The first-order valence-electron chi connectivity index (χ1n) is 4.03. The lowest BCUT2D eigenvalue weighted by Crippen LogP contribution is -2.24. The molecule has 0 aliphatic rings. The summed E-state index contributed by atoms with van der Waals surface area (Å²) in [6, 6.07) is 3.19. The molecule has 0 amide bonds. The zero-order valence-electron chi connectivity index (χ0n) is 7.43. The molecule has 0 fully saturated rings. The van der Waals surface area contributed by atoms with Crippen LogP contribution < -0.4 is 5.73 Å². The van der Waals surface area contributed by atoms with Crippen molar-refractivity contribution in [3.63, 3.8) is 0 Å². The number of rotatable bonds is 3. The van der Waals surface area contributed by atoms with Crippen LogP contribution in [0.25, 0.3) is 0 Å². The van der Waals surface area contributed by atoms with Crippen LogP contribution in [0.1, 0.15) is 17.3 Å². The van der Waals surface area contributed by atoms with Crippen LogP contribution >= 0.6 is 0 Å². The summed E-state index contributed by atoms with van der Waals surface area (Å²) >= 11 is 0. The fourth-order valence-electron chi connectivity index (χ4n) is 0.774. The normalized spacial score (nSPS) is 12.2. The van der Waals surface area contributed by atoms with E-state index in [0.29, 0.717) is 5.56 Å². The first kappa shape index (κ1) is 9.67. The van der Waals surface area contributed by atoms with Gasteiger partial charge in [0.2, 0.25) is 0 Å². The number of esters is 1. The van der Waals surface area contributed by atoms with Gasteiger partial charge in [-0.25, -0.2) is 4.79 Å². The van der Waals surface area contributed by atoms with E-state index in [1.54, 1.807) is 25.3 Å². The Bertz CT molecular complexity index is 272. The molecule has 0 saturated heterocycles.